The van der Waals surface area contributed by atoms with Gasteiger partial charge in [-0.2, -0.15) is 5.26 Å². The second kappa shape index (κ2) is 4.82. The lowest BCUT2D eigenvalue weighted by molar-refractivity contribution is 0.572. The van der Waals surface area contributed by atoms with Crippen LogP contribution >= 0.6 is 0 Å². The molecule has 2 heterocycles. The van der Waals surface area contributed by atoms with Crippen molar-refractivity contribution in [2.24, 2.45) is 0 Å². The van der Waals surface area contributed by atoms with Crippen molar-refractivity contribution in [2.75, 3.05) is 0 Å². The molecule has 0 spiro atoms. The van der Waals surface area contributed by atoms with Crippen molar-refractivity contribution in [1.29, 1.82) is 5.26 Å². The Bertz CT molecular complexity index is 703. The van der Waals surface area contributed by atoms with E-state index >= 15 is 0 Å². The number of hydrogen-bond acceptors (Lipinski definition) is 4. The molecule has 0 aromatic carbocycles. The van der Waals surface area contributed by atoms with Crippen LogP contribution in [-0.2, 0) is 5.41 Å². The molecule has 0 unspecified atom stereocenters. The molecule has 0 bridgehead atoms. The van der Waals surface area contributed by atoms with Gasteiger partial charge in [0.2, 0.25) is 0 Å². The van der Waals surface area contributed by atoms with Crippen LogP contribution in [0, 0.1) is 18.3 Å². The van der Waals surface area contributed by atoms with Crippen molar-refractivity contribution in [3.8, 4) is 6.07 Å². The second-order valence-electron chi connectivity index (χ2n) is 6.42. The Morgan fingerprint density at radius 2 is 1.80 bits per heavy atom. The van der Waals surface area contributed by atoms with Crippen LogP contribution in [-0.4, -0.2) is 15.0 Å². The number of pyridine rings is 1. The van der Waals surface area contributed by atoms with Crippen molar-refractivity contribution in [1.82, 2.24) is 15.0 Å². The maximum absolute atomic E-state index is 9.40. The summed E-state index contributed by atoms with van der Waals surface area (Å²) in [6.45, 7) is 12.4. The van der Waals surface area contributed by atoms with E-state index in [4.69, 9.17) is 0 Å². The quantitative estimate of drug-likeness (QED) is 0.792. The van der Waals surface area contributed by atoms with Crippen molar-refractivity contribution >= 4 is 11.0 Å². The van der Waals surface area contributed by atoms with E-state index in [1.807, 2.05) is 6.92 Å². The average Bonchev–Trinajstić information content (AvgIpc) is 2.34. The molecule has 4 heteroatoms. The van der Waals surface area contributed by atoms with E-state index in [1.54, 1.807) is 6.33 Å². The van der Waals surface area contributed by atoms with E-state index in [9.17, 15) is 5.26 Å². The summed E-state index contributed by atoms with van der Waals surface area (Å²) >= 11 is 0. The van der Waals surface area contributed by atoms with E-state index in [1.165, 1.54) is 0 Å². The highest BCUT2D eigenvalue weighted by Crippen LogP contribution is 2.32. The lowest BCUT2D eigenvalue weighted by atomic mass is 9.88. The molecule has 20 heavy (non-hydrogen) atoms. The van der Waals surface area contributed by atoms with Gasteiger partial charge >= 0.3 is 0 Å². The molecule has 0 atom stereocenters. The van der Waals surface area contributed by atoms with E-state index in [2.05, 4.69) is 55.6 Å². The molecule has 0 saturated carbocycles. The van der Waals surface area contributed by atoms with Crippen LogP contribution in [0.25, 0.3) is 11.0 Å². The first kappa shape index (κ1) is 14.4. The van der Waals surface area contributed by atoms with Gasteiger partial charge in [0.25, 0.3) is 0 Å². The van der Waals surface area contributed by atoms with Gasteiger partial charge in [-0.1, -0.05) is 34.6 Å². The summed E-state index contributed by atoms with van der Waals surface area (Å²) in [4.78, 5) is 13.4. The van der Waals surface area contributed by atoms with E-state index in [-0.39, 0.29) is 11.3 Å². The summed E-state index contributed by atoms with van der Waals surface area (Å²) in [6.07, 6.45) is 1.58. The molecular formula is C16H20N4. The molecule has 0 N–H and O–H groups in total. The monoisotopic (exact) mass is 268 g/mol. The second-order valence-corrected chi connectivity index (χ2v) is 6.42. The van der Waals surface area contributed by atoms with E-state index < -0.39 is 0 Å². The van der Waals surface area contributed by atoms with Crippen LogP contribution in [0.4, 0.5) is 0 Å². The Labute approximate surface area is 119 Å². The minimum absolute atomic E-state index is 0.108. The summed E-state index contributed by atoms with van der Waals surface area (Å²) < 4.78 is 0. The largest absolute Gasteiger partial charge is 0.248 e. The predicted molar refractivity (Wildman–Crippen MR) is 79.6 cm³/mol. The molecule has 0 saturated heterocycles. The fourth-order valence-corrected chi connectivity index (χ4v) is 2.47. The lowest BCUT2D eigenvalue weighted by Gasteiger charge is -2.21. The first-order valence-corrected chi connectivity index (χ1v) is 6.83. The molecule has 0 amide bonds. The van der Waals surface area contributed by atoms with Crippen LogP contribution < -0.4 is 0 Å². The molecule has 0 radical (unpaired) electrons. The molecule has 104 valence electrons. The van der Waals surface area contributed by atoms with Gasteiger partial charge in [0.05, 0.1) is 22.5 Å². The number of aryl methyl sites for hydroxylation is 1. The van der Waals surface area contributed by atoms with Gasteiger partial charge < -0.3 is 0 Å². The van der Waals surface area contributed by atoms with Gasteiger partial charge in [-0.3, -0.25) is 0 Å². The number of rotatable bonds is 1. The minimum Gasteiger partial charge on any atom is -0.248 e. The number of nitriles is 1. The van der Waals surface area contributed by atoms with Gasteiger partial charge in [-0.15, -0.1) is 0 Å². The maximum atomic E-state index is 9.40. The fourth-order valence-electron chi connectivity index (χ4n) is 2.47. The zero-order valence-electron chi connectivity index (χ0n) is 12.9. The summed E-state index contributed by atoms with van der Waals surface area (Å²) in [5.41, 5.74) is 4.82. The molecular weight excluding hydrogens is 248 g/mol. The summed E-state index contributed by atoms with van der Waals surface area (Å²) in [5.74, 6) is 0.219. The Hall–Kier alpha value is -2.02. The number of fused-ring (bicyclic) bond motifs is 1. The van der Waals surface area contributed by atoms with Gasteiger partial charge in [0, 0.05) is 11.0 Å². The van der Waals surface area contributed by atoms with Crippen LogP contribution in [0.2, 0.25) is 0 Å². The summed E-state index contributed by atoms with van der Waals surface area (Å²) in [6, 6.07) is 2.27. The third-order valence-corrected chi connectivity index (χ3v) is 3.39. The predicted octanol–water partition coefficient (Wildman–Crippen LogP) is 3.63. The standard InChI is InChI=1S/C16H20N4/c1-9(2)12-11(7-17)10(3)20-14-13(12)18-8-19-15(14)16(4,5)6/h8-9H,1-6H3. The van der Waals surface area contributed by atoms with Crippen molar-refractivity contribution < 1.29 is 0 Å². The molecule has 2 rings (SSSR count). The summed E-state index contributed by atoms with van der Waals surface area (Å²) in [7, 11) is 0. The van der Waals surface area contributed by atoms with Crippen LogP contribution in [0.1, 0.15) is 63.1 Å². The topological polar surface area (TPSA) is 62.5 Å². The first-order chi connectivity index (χ1) is 9.27. The molecule has 0 aliphatic heterocycles. The highest BCUT2D eigenvalue weighted by Gasteiger charge is 2.24. The number of nitrogens with zero attached hydrogens (tertiary/aromatic N) is 4. The Morgan fingerprint density at radius 3 is 2.30 bits per heavy atom. The first-order valence-electron chi connectivity index (χ1n) is 6.83. The molecule has 2 aromatic heterocycles. The highest BCUT2D eigenvalue weighted by molar-refractivity contribution is 5.83. The smallest absolute Gasteiger partial charge is 0.116 e. The zero-order chi connectivity index (χ0) is 15.1. The maximum Gasteiger partial charge on any atom is 0.116 e. The van der Waals surface area contributed by atoms with Crippen LogP contribution in [0.3, 0.4) is 0 Å². The van der Waals surface area contributed by atoms with Crippen molar-refractivity contribution in [3.05, 3.63) is 28.8 Å². The lowest BCUT2D eigenvalue weighted by Crippen LogP contribution is -2.16. The zero-order valence-corrected chi connectivity index (χ0v) is 12.9. The van der Waals surface area contributed by atoms with Crippen molar-refractivity contribution in [3.63, 3.8) is 0 Å². The molecule has 0 aliphatic rings. The fraction of sp³-hybridized carbons (Fsp3) is 0.500. The van der Waals surface area contributed by atoms with Gasteiger partial charge in [-0.25, -0.2) is 15.0 Å². The van der Waals surface area contributed by atoms with Crippen molar-refractivity contribution in [2.45, 2.75) is 52.9 Å². The van der Waals surface area contributed by atoms with Gasteiger partial charge in [0.15, 0.2) is 0 Å². The van der Waals surface area contributed by atoms with Gasteiger partial charge in [-0.05, 0) is 12.8 Å². The molecule has 0 aliphatic carbocycles. The molecule has 2 aromatic rings. The highest BCUT2D eigenvalue weighted by atomic mass is 14.9. The van der Waals surface area contributed by atoms with Crippen LogP contribution in [0.5, 0.6) is 0 Å². The third-order valence-electron chi connectivity index (χ3n) is 3.39. The Kier molecular flexibility index (Phi) is 3.47. The van der Waals surface area contributed by atoms with Crippen LogP contribution in [0.15, 0.2) is 6.33 Å². The van der Waals surface area contributed by atoms with Gasteiger partial charge in [0.1, 0.15) is 17.9 Å². The molecule has 0 fully saturated rings. The normalized spacial score (nSPS) is 11.9. The molecule has 4 nitrogen and oxygen atoms in total. The number of hydrogen-bond donors (Lipinski definition) is 0. The Balaban J connectivity index is 2.99. The van der Waals surface area contributed by atoms with E-state index in [0.29, 0.717) is 5.56 Å². The third kappa shape index (κ3) is 2.24. The minimum atomic E-state index is -0.108. The average molecular weight is 268 g/mol. The Morgan fingerprint density at radius 1 is 1.15 bits per heavy atom. The summed E-state index contributed by atoms with van der Waals surface area (Å²) in [5, 5.41) is 9.40. The SMILES string of the molecule is Cc1nc2c(C(C)(C)C)ncnc2c(C(C)C)c1C#N. The van der Waals surface area contributed by atoms with E-state index in [0.717, 1.165) is 28.0 Å². The number of aromatic nitrogens is 3.